The number of anilines is 1. The molecule has 1 aromatic carbocycles. The summed E-state index contributed by atoms with van der Waals surface area (Å²) in [5, 5.41) is 3.42. The number of sulfonamides is 1. The second-order valence-corrected chi connectivity index (χ2v) is 7.83. The van der Waals surface area contributed by atoms with Gasteiger partial charge in [0.1, 0.15) is 4.90 Å². The number of rotatable bonds is 5. The minimum absolute atomic E-state index is 0.138. The molecule has 20 heavy (non-hydrogen) atoms. The summed E-state index contributed by atoms with van der Waals surface area (Å²) in [6.45, 7) is 2.25. The first-order chi connectivity index (χ1) is 9.54. The van der Waals surface area contributed by atoms with Crippen molar-refractivity contribution < 1.29 is 8.42 Å². The number of para-hydroxylation sites is 1. The first-order valence-corrected chi connectivity index (χ1v) is 8.91. The first-order valence-electron chi connectivity index (χ1n) is 7.42. The zero-order valence-corrected chi connectivity index (χ0v) is 12.6. The smallest absolute Gasteiger partial charge is 0.242 e. The zero-order chi connectivity index (χ0) is 14.2. The normalized spacial score (nSPS) is 26.6. The number of nitrogens with one attached hydrogen (secondary N) is 2. The Balaban J connectivity index is 1.80. The fourth-order valence-electron chi connectivity index (χ4n) is 2.86. The lowest BCUT2D eigenvalue weighted by molar-refractivity contribution is 0.580. The second-order valence-electron chi connectivity index (χ2n) is 6.15. The summed E-state index contributed by atoms with van der Waals surface area (Å²) in [7, 11) is -3.40. The van der Waals surface area contributed by atoms with Gasteiger partial charge >= 0.3 is 0 Å². The van der Waals surface area contributed by atoms with E-state index in [9.17, 15) is 8.42 Å². The zero-order valence-electron chi connectivity index (χ0n) is 11.8. The van der Waals surface area contributed by atoms with E-state index < -0.39 is 10.0 Å². The van der Waals surface area contributed by atoms with E-state index in [2.05, 4.69) is 17.0 Å². The highest BCUT2D eigenvalue weighted by Gasteiger charge is 2.30. The van der Waals surface area contributed by atoms with Gasteiger partial charge < -0.3 is 5.32 Å². The summed E-state index contributed by atoms with van der Waals surface area (Å²) in [6.07, 6.45) is 5.35. The predicted octanol–water partition coefficient (Wildman–Crippen LogP) is 2.73. The first kappa shape index (κ1) is 13.9. The Kier molecular flexibility index (Phi) is 3.73. The topological polar surface area (TPSA) is 58.2 Å². The molecule has 110 valence electrons. The molecule has 3 rings (SSSR count). The van der Waals surface area contributed by atoms with Crippen molar-refractivity contribution in [2.24, 2.45) is 5.92 Å². The summed E-state index contributed by atoms with van der Waals surface area (Å²) < 4.78 is 27.5. The van der Waals surface area contributed by atoms with Crippen LogP contribution in [0.25, 0.3) is 0 Å². The summed E-state index contributed by atoms with van der Waals surface area (Å²) in [5.41, 5.74) is 0.736. The van der Waals surface area contributed by atoms with Gasteiger partial charge in [-0.15, -0.1) is 0 Å². The summed E-state index contributed by atoms with van der Waals surface area (Å²) >= 11 is 0. The molecule has 5 heteroatoms. The molecule has 4 nitrogen and oxygen atoms in total. The summed E-state index contributed by atoms with van der Waals surface area (Å²) in [4.78, 5) is 0.381. The number of hydrogen-bond acceptors (Lipinski definition) is 3. The largest absolute Gasteiger partial charge is 0.381 e. The van der Waals surface area contributed by atoms with Gasteiger partial charge in [0.25, 0.3) is 0 Å². The predicted molar refractivity (Wildman–Crippen MR) is 80.2 cm³/mol. The van der Waals surface area contributed by atoms with Crippen molar-refractivity contribution in [3.05, 3.63) is 24.3 Å². The van der Waals surface area contributed by atoms with Gasteiger partial charge in [0.15, 0.2) is 0 Å². The molecule has 2 N–H and O–H groups in total. The summed E-state index contributed by atoms with van der Waals surface area (Å²) in [6, 6.07) is 7.75. The van der Waals surface area contributed by atoms with Crippen LogP contribution in [0.4, 0.5) is 5.69 Å². The van der Waals surface area contributed by atoms with Crippen LogP contribution < -0.4 is 10.0 Å². The van der Waals surface area contributed by atoms with Gasteiger partial charge in [0.05, 0.1) is 5.69 Å². The molecule has 0 spiro atoms. The maximum absolute atomic E-state index is 12.4. The van der Waals surface area contributed by atoms with Gasteiger partial charge in [0, 0.05) is 12.1 Å². The van der Waals surface area contributed by atoms with Crippen molar-refractivity contribution in [2.75, 3.05) is 5.32 Å². The van der Waals surface area contributed by atoms with Crippen LogP contribution in [0.1, 0.15) is 39.0 Å². The van der Waals surface area contributed by atoms with Crippen LogP contribution in [-0.4, -0.2) is 20.5 Å². The molecule has 0 bridgehead atoms. The van der Waals surface area contributed by atoms with E-state index in [4.69, 9.17) is 0 Å². The molecule has 2 fully saturated rings. The Morgan fingerprint density at radius 3 is 2.40 bits per heavy atom. The van der Waals surface area contributed by atoms with Crippen LogP contribution in [0.3, 0.4) is 0 Å². The molecule has 2 aliphatic rings. The van der Waals surface area contributed by atoms with Crippen LogP contribution in [0.2, 0.25) is 0 Å². The molecular formula is C15H22N2O2S. The number of benzene rings is 1. The fraction of sp³-hybridized carbons (Fsp3) is 0.600. The van der Waals surface area contributed by atoms with Crippen LogP contribution in [0, 0.1) is 5.92 Å². The lowest BCUT2D eigenvalue weighted by Crippen LogP contribution is -2.27. The quantitative estimate of drug-likeness (QED) is 0.878. The van der Waals surface area contributed by atoms with Crippen LogP contribution in [0.5, 0.6) is 0 Å². The van der Waals surface area contributed by atoms with Crippen molar-refractivity contribution in [2.45, 2.75) is 56.0 Å². The third kappa shape index (κ3) is 3.15. The van der Waals surface area contributed by atoms with Crippen molar-refractivity contribution in [1.82, 2.24) is 4.72 Å². The van der Waals surface area contributed by atoms with E-state index in [1.807, 2.05) is 12.1 Å². The average Bonchev–Trinajstić information content (AvgIpc) is 3.10. The molecule has 2 unspecified atom stereocenters. The van der Waals surface area contributed by atoms with Gasteiger partial charge in [-0.3, -0.25) is 0 Å². The van der Waals surface area contributed by atoms with E-state index in [-0.39, 0.29) is 6.04 Å². The Labute approximate surface area is 121 Å². The van der Waals surface area contributed by atoms with E-state index >= 15 is 0 Å². The summed E-state index contributed by atoms with van der Waals surface area (Å²) in [5.74, 6) is 0.723. The van der Waals surface area contributed by atoms with Gasteiger partial charge in [0.2, 0.25) is 10.0 Å². The molecule has 1 aromatic rings. The van der Waals surface area contributed by atoms with Gasteiger partial charge in [-0.1, -0.05) is 19.1 Å². The minimum Gasteiger partial charge on any atom is -0.381 e. The van der Waals surface area contributed by atoms with E-state index in [1.165, 1.54) is 6.42 Å². The molecule has 0 saturated heterocycles. The van der Waals surface area contributed by atoms with Crippen LogP contribution >= 0.6 is 0 Å². The fourth-order valence-corrected chi connectivity index (χ4v) is 4.34. The van der Waals surface area contributed by atoms with Crippen molar-refractivity contribution in [3.8, 4) is 0 Å². The minimum atomic E-state index is -3.40. The van der Waals surface area contributed by atoms with Crippen molar-refractivity contribution >= 4 is 15.7 Å². The monoisotopic (exact) mass is 294 g/mol. The van der Waals surface area contributed by atoms with Crippen LogP contribution in [-0.2, 0) is 10.0 Å². The standard InChI is InChI=1S/C15H22N2O2S/c1-11-6-7-13(10-11)16-14-4-2-3-5-15(14)20(18,19)17-12-8-9-12/h2-5,11-13,16-17H,6-10H2,1H3. The Bertz CT molecular complexity index is 581. The lowest BCUT2D eigenvalue weighted by Gasteiger charge is -2.17. The molecule has 0 radical (unpaired) electrons. The molecular weight excluding hydrogens is 272 g/mol. The SMILES string of the molecule is CC1CCC(Nc2ccccc2S(=O)(=O)NC2CC2)C1. The third-order valence-electron chi connectivity index (χ3n) is 4.13. The Morgan fingerprint density at radius 1 is 1.05 bits per heavy atom. The van der Waals surface area contributed by atoms with Crippen molar-refractivity contribution in [3.63, 3.8) is 0 Å². The average molecular weight is 294 g/mol. The molecule has 2 saturated carbocycles. The molecule has 0 heterocycles. The number of hydrogen-bond donors (Lipinski definition) is 2. The second kappa shape index (κ2) is 5.37. The van der Waals surface area contributed by atoms with Crippen molar-refractivity contribution in [1.29, 1.82) is 0 Å². The van der Waals surface area contributed by atoms with Gasteiger partial charge in [-0.05, 0) is 50.2 Å². The molecule has 0 aliphatic heterocycles. The third-order valence-corrected chi connectivity index (χ3v) is 5.71. The highest BCUT2D eigenvalue weighted by Crippen LogP contribution is 2.31. The van der Waals surface area contributed by atoms with E-state index in [1.54, 1.807) is 12.1 Å². The van der Waals surface area contributed by atoms with Gasteiger partial charge in [-0.2, -0.15) is 0 Å². The highest BCUT2D eigenvalue weighted by molar-refractivity contribution is 7.89. The molecule has 2 aliphatic carbocycles. The maximum atomic E-state index is 12.4. The highest BCUT2D eigenvalue weighted by atomic mass is 32.2. The lowest BCUT2D eigenvalue weighted by atomic mass is 10.1. The van der Waals surface area contributed by atoms with Gasteiger partial charge in [-0.25, -0.2) is 13.1 Å². The Hall–Kier alpha value is -1.07. The Morgan fingerprint density at radius 2 is 1.75 bits per heavy atom. The molecule has 0 amide bonds. The molecule has 2 atom stereocenters. The van der Waals surface area contributed by atoms with E-state index in [0.29, 0.717) is 10.9 Å². The molecule has 0 aromatic heterocycles. The maximum Gasteiger partial charge on any atom is 0.242 e. The van der Waals surface area contributed by atoms with E-state index in [0.717, 1.165) is 37.3 Å². The van der Waals surface area contributed by atoms with Crippen LogP contribution in [0.15, 0.2) is 29.2 Å².